The van der Waals surface area contributed by atoms with E-state index in [9.17, 15) is 9.18 Å². The van der Waals surface area contributed by atoms with E-state index in [0.717, 1.165) is 12.8 Å². The molecule has 1 rings (SSSR count). The van der Waals surface area contributed by atoms with Gasteiger partial charge in [0, 0.05) is 30.3 Å². The molecule has 0 heterocycles. The van der Waals surface area contributed by atoms with Gasteiger partial charge in [-0.3, -0.25) is 4.79 Å². The van der Waals surface area contributed by atoms with Crippen LogP contribution < -0.4 is 5.32 Å². The van der Waals surface area contributed by atoms with Crippen LogP contribution in [0.3, 0.4) is 0 Å². The van der Waals surface area contributed by atoms with Gasteiger partial charge >= 0.3 is 0 Å². The van der Waals surface area contributed by atoms with Crippen LogP contribution in [-0.4, -0.2) is 26.2 Å². The number of hydrogen-bond donors (Lipinski definition) is 1. The summed E-state index contributed by atoms with van der Waals surface area (Å²) >= 11 is 3.15. The van der Waals surface area contributed by atoms with Crippen LogP contribution in [-0.2, 0) is 4.74 Å². The minimum atomic E-state index is -0.427. The highest BCUT2D eigenvalue weighted by molar-refractivity contribution is 9.10. The normalized spacial score (nSPS) is 10.3. The Kier molecular flexibility index (Phi) is 6.15. The summed E-state index contributed by atoms with van der Waals surface area (Å²) in [7, 11) is 1.64. The molecule has 0 aliphatic rings. The predicted octanol–water partition coefficient (Wildman–Crippen LogP) is 2.74. The van der Waals surface area contributed by atoms with Gasteiger partial charge in [-0.15, -0.1) is 0 Å². The van der Waals surface area contributed by atoms with E-state index in [1.165, 1.54) is 12.1 Å². The fraction of sp³-hybridized carbons (Fsp3) is 0.417. The van der Waals surface area contributed by atoms with Crippen LogP contribution in [0.25, 0.3) is 0 Å². The van der Waals surface area contributed by atoms with Crippen molar-refractivity contribution < 1.29 is 13.9 Å². The third kappa shape index (κ3) is 5.28. The van der Waals surface area contributed by atoms with Crippen molar-refractivity contribution in [3.05, 3.63) is 34.1 Å². The zero-order valence-corrected chi connectivity index (χ0v) is 11.2. The van der Waals surface area contributed by atoms with Crippen molar-refractivity contribution in [3.8, 4) is 0 Å². The molecule has 1 aromatic carbocycles. The van der Waals surface area contributed by atoms with Gasteiger partial charge in [0.2, 0.25) is 0 Å². The molecule has 1 N–H and O–H groups in total. The Morgan fingerprint density at radius 3 is 2.82 bits per heavy atom. The minimum absolute atomic E-state index is 0.261. The second kappa shape index (κ2) is 7.40. The van der Waals surface area contributed by atoms with Gasteiger partial charge in [-0.25, -0.2) is 4.39 Å². The Bertz CT molecular complexity index is 365. The Balaban J connectivity index is 2.41. The fourth-order valence-electron chi connectivity index (χ4n) is 1.36. The lowest BCUT2D eigenvalue weighted by Crippen LogP contribution is -2.24. The summed E-state index contributed by atoms with van der Waals surface area (Å²) in [6.07, 6.45) is 1.74. The highest BCUT2D eigenvalue weighted by atomic mass is 79.9. The summed E-state index contributed by atoms with van der Waals surface area (Å²) in [5, 5.41) is 2.73. The van der Waals surface area contributed by atoms with Gasteiger partial charge in [-0.1, -0.05) is 15.9 Å². The average Bonchev–Trinajstić information content (AvgIpc) is 2.27. The molecule has 0 fully saturated rings. The zero-order chi connectivity index (χ0) is 12.7. The van der Waals surface area contributed by atoms with Crippen LogP contribution in [0.5, 0.6) is 0 Å². The number of carbonyl (C=O) groups excluding carboxylic acids is 1. The first-order valence-electron chi connectivity index (χ1n) is 5.36. The number of halogens is 2. The van der Waals surface area contributed by atoms with Crippen LogP contribution in [0.4, 0.5) is 4.39 Å². The smallest absolute Gasteiger partial charge is 0.251 e. The fourth-order valence-corrected chi connectivity index (χ4v) is 1.83. The molecule has 1 aromatic rings. The van der Waals surface area contributed by atoms with Crippen molar-refractivity contribution in [2.24, 2.45) is 0 Å². The molecule has 0 atom stereocenters. The Hall–Kier alpha value is -0.940. The Labute approximate surface area is 108 Å². The van der Waals surface area contributed by atoms with Gasteiger partial charge < -0.3 is 10.1 Å². The maximum Gasteiger partial charge on any atom is 0.251 e. The van der Waals surface area contributed by atoms with Crippen LogP contribution in [0.15, 0.2) is 22.7 Å². The SMILES string of the molecule is COCCCCNC(=O)c1cc(F)cc(Br)c1. The number of hydrogen-bond acceptors (Lipinski definition) is 2. The molecule has 17 heavy (non-hydrogen) atoms. The van der Waals surface area contributed by atoms with Crippen molar-refractivity contribution in [1.29, 1.82) is 0 Å². The number of methoxy groups -OCH3 is 1. The molecule has 94 valence electrons. The van der Waals surface area contributed by atoms with E-state index >= 15 is 0 Å². The predicted molar refractivity (Wildman–Crippen MR) is 67.5 cm³/mol. The molecule has 1 amide bonds. The number of amides is 1. The lowest BCUT2D eigenvalue weighted by atomic mass is 10.2. The van der Waals surface area contributed by atoms with Crippen molar-refractivity contribution in [2.45, 2.75) is 12.8 Å². The van der Waals surface area contributed by atoms with E-state index in [0.29, 0.717) is 23.2 Å². The number of rotatable bonds is 6. The third-order valence-electron chi connectivity index (χ3n) is 2.19. The molecule has 0 saturated heterocycles. The molecule has 3 nitrogen and oxygen atoms in total. The first kappa shape index (κ1) is 14.1. The summed E-state index contributed by atoms with van der Waals surface area (Å²) in [6.45, 7) is 1.25. The van der Waals surface area contributed by atoms with E-state index in [-0.39, 0.29) is 5.91 Å². The quantitative estimate of drug-likeness (QED) is 0.821. The number of unbranched alkanes of at least 4 members (excludes halogenated alkanes) is 1. The molecule has 0 aliphatic heterocycles. The monoisotopic (exact) mass is 303 g/mol. The minimum Gasteiger partial charge on any atom is -0.385 e. The van der Waals surface area contributed by atoms with Crippen molar-refractivity contribution in [1.82, 2.24) is 5.32 Å². The molecule has 0 bridgehead atoms. The van der Waals surface area contributed by atoms with Gasteiger partial charge in [0.05, 0.1) is 0 Å². The summed E-state index contributed by atoms with van der Waals surface area (Å²) in [5.41, 5.74) is 0.323. The van der Waals surface area contributed by atoms with E-state index in [2.05, 4.69) is 21.2 Å². The molecule has 0 spiro atoms. The summed E-state index contributed by atoms with van der Waals surface area (Å²) in [6, 6.07) is 4.12. The van der Waals surface area contributed by atoms with Crippen LogP contribution in [0, 0.1) is 5.82 Å². The van der Waals surface area contributed by atoms with Gasteiger partial charge in [0.25, 0.3) is 5.91 Å². The lowest BCUT2D eigenvalue weighted by Gasteiger charge is -2.05. The van der Waals surface area contributed by atoms with Gasteiger partial charge in [-0.2, -0.15) is 0 Å². The van der Waals surface area contributed by atoms with Gasteiger partial charge in [0.1, 0.15) is 5.82 Å². The van der Waals surface area contributed by atoms with E-state index in [1.54, 1.807) is 13.2 Å². The van der Waals surface area contributed by atoms with Crippen molar-refractivity contribution in [2.75, 3.05) is 20.3 Å². The maximum absolute atomic E-state index is 13.1. The summed E-state index contributed by atoms with van der Waals surface area (Å²) in [4.78, 5) is 11.7. The molecule has 0 aliphatic carbocycles. The number of carbonyl (C=O) groups is 1. The number of nitrogens with one attached hydrogen (secondary N) is 1. The molecule has 0 unspecified atom stereocenters. The van der Waals surface area contributed by atoms with E-state index in [4.69, 9.17) is 4.74 Å². The second-order valence-corrected chi connectivity index (χ2v) is 4.53. The largest absolute Gasteiger partial charge is 0.385 e. The third-order valence-corrected chi connectivity index (χ3v) is 2.64. The highest BCUT2D eigenvalue weighted by Crippen LogP contribution is 2.14. The van der Waals surface area contributed by atoms with E-state index < -0.39 is 5.82 Å². The van der Waals surface area contributed by atoms with Crippen LogP contribution in [0.2, 0.25) is 0 Å². The molecule has 5 heteroatoms. The van der Waals surface area contributed by atoms with Gasteiger partial charge in [-0.05, 0) is 31.0 Å². The molecular formula is C12H15BrFNO2. The molecule has 0 radical (unpaired) electrons. The summed E-state index contributed by atoms with van der Waals surface area (Å²) in [5.74, 6) is -0.688. The first-order chi connectivity index (χ1) is 8.13. The molecule has 0 aromatic heterocycles. The van der Waals surface area contributed by atoms with E-state index in [1.807, 2.05) is 0 Å². The molecular weight excluding hydrogens is 289 g/mol. The van der Waals surface area contributed by atoms with Crippen molar-refractivity contribution in [3.63, 3.8) is 0 Å². The number of ether oxygens (including phenoxy) is 1. The second-order valence-electron chi connectivity index (χ2n) is 3.61. The van der Waals surface area contributed by atoms with Gasteiger partial charge in [0.15, 0.2) is 0 Å². The standard InChI is InChI=1S/C12H15BrFNO2/c1-17-5-3-2-4-15-12(16)9-6-10(13)8-11(14)7-9/h6-8H,2-5H2,1H3,(H,15,16). The lowest BCUT2D eigenvalue weighted by molar-refractivity contribution is 0.0951. The Morgan fingerprint density at radius 2 is 2.18 bits per heavy atom. The highest BCUT2D eigenvalue weighted by Gasteiger charge is 2.07. The Morgan fingerprint density at radius 1 is 1.41 bits per heavy atom. The van der Waals surface area contributed by atoms with Crippen LogP contribution >= 0.6 is 15.9 Å². The maximum atomic E-state index is 13.1. The topological polar surface area (TPSA) is 38.3 Å². The number of benzene rings is 1. The average molecular weight is 304 g/mol. The first-order valence-corrected chi connectivity index (χ1v) is 6.16. The van der Waals surface area contributed by atoms with Crippen LogP contribution in [0.1, 0.15) is 23.2 Å². The molecule has 0 saturated carbocycles. The zero-order valence-electron chi connectivity index (χ0n) is 9.63. The summed E-state index contributed by atoms with van der Waals surface area (Å²) < 4.78 is 18.5. The van der Waals surface area contributed by atoms with Crippen molar-refractivity contribution >= 4 is 21.8 Å².